The van der Waals surface area contributed by atoms with E-state index in [9.17, 15) is 0 Å². The maximum Gasteiger partial charge on any atom is 0.163 e. The number of hydrogen-bond acceptors (Lipinski definition) is 7. The van der Waals surface area contributed by atoms with E-state index in [0.29, 0.717) is 26.4 Å². The van der Waals surface area contributed by atoms with Crippen molar-refractivity contribution >= 4 is 27.5 Å². The molecule has 4 heterocycles. The molecule has 0 aliphatic carbocycles. The van der Waals surface area contributed by atoms with Crippen molar-refractivity contribution < 1.29 is 18.9 Å². The average molecular weight is 640 g/mol. The number of aryl methyl sites for hydroxylation is 2. The molecule has 4 N–H and O–H groups in total. The predicted octanol–water partition coefficient (Wildman–Crippen LogP) is 6.55. The van der Waals surface area contributed by atoms with Crippen LogP contribution in [0.3, 0.4) is 0 Å². The van der Waals surface area contributed by atoms with Gasteiger partial charge in [-0.1, -0.05) is 0 Å². The number of hydrogen-bond donors (Lipinski definition) is 3. The first kappa shape index (κ1) is 32.6. The van der Waals surface area contributed by atoms with Crippen LogP contribution < -0.4 is 29.6 Å². The molecule has 0 atom stereocenters. The molecule has 2 aliphatic rings. The molecule has 3 aromatic carbocycles. The molecule has 2 aliphatic heterocycles. The maximum atomic E-state index is 5.74. The summed E-state index contributed by atoms with van der Waals surface area (Å²) in [6.07, 6.45) is 8.50. The zero-order valence-electron chi connectivity index (χ0n) is 27.9. The number of aromatic amines is 2. The van der Waals surface area contributed by atoms with Crippen molar-refractivity contribution in [2.45, 2.75) is 39.5 Å². The van der Waals surface area contributed by atoms with Gasteiger partial charge < -0.3 is 39.5 Å². The Hall–Kier alpha value is -4.34. The Morgan fingerprint density at radius 1 is 0.702 bits per heavy atom. The summed E-state index contributed by atoms with van der Waals surface area (Å²) in [5.74, 6) is 3.62. The largest absolute Gasteiger partial charge is 0.494 e. The molecule has 5 aromatic rings. The maximum absolute atomic E-state index is 5.74. The standard InChI is InChI=1S/C25H31N3O3.C13H18N2O/c1-2-29-21-6-7-23-22(17-21)19(18-26-23)4-3-9-27-10-12-28(13-11-27)20-5-8-24-25(16-20)31-15-14-30-24;1-2-16-11-5-6-13-12(8-11)10(9-15-13)4-3-7-14/h5-8,16-18,26H,2-4,9-15H2,1H3;5-6,8-9,15H,2-4,7,14H2,1H3. The third-order valence-corrected chi connectivity index (χ3v) is 8.93. The van der Waals surface area contributed by atoms with Gasteiger partial charge in [-0.15, -0.1) is 0 Å². The van der Waals surface area contributed by atoms with Crippen LogP contribution in [0.2, 0.25) is 0 Å². The molecule has 0 spiro atoms. The summed E-state index contributed by atoms with van der Waals surface area (Å²) in [4.78, 5) is 11.7. The van der Waals surface area contributed by atoms with Crippen molar-refractivity contribution in [1.82, 2.24) is 14.9 Å². The number of fused-ring (bicyclic) bond motifs is 3. The highest BCUT2D eigenvalue weighted by molar-refractivity contribution is 5.85. The average Bonchev–Trinajstić information content (AvgIpc) is 3.71. The normalized spacial score (nSPS) is 14.7. The number of nitrogens with zero attached hydrogens (tertiary/aromatic N) is 2. The van der Waals surface area contributed by atoms with Crippen LogP contribution in [-0.2, 0) is 12.8 Å². The SMILES string of the molecule is CCOc1ccc2[nH]cc(CCCN)c2c1.CCOc1ccc2[nH]cc(CCCN3CCN(c4ccc5c(c4)OCCO5)CC3)c2c1. The fraction of sp³-hybridized carbons (Fsp3) is 0.421. The number of nitrogens with one attached hydrogen (secondary N) is 2. The Labute approximate surface area is 277 Å². The molecule has 250 valence electrons. The van der Waals surface area contributed by atoms with Crippen LogP contribution in [0.1, 0.15) is 37.8 Å². The molecule has 9 nitrogen and oxygen atoms in total. The van der Waals surface area contributed by atoms with Crippen LogP contribution in [0, 0.1) is 0 Å². The molecule has 0 bridgehead atoms. The lowest BCUT2D eigenvalue weighted by Crippen LogP contribution is -2.46. The first-order valence-corrected chi connectivity index (χ1v) is 17.2. The quantitative estimate of drug-likeness (QED) is 0.142. The number of rotatable bonds is 12. The van der Waals surface area contributed by atoms with Crippen molar-refractivity contribution in [2.75, 3.05) is 70.6 Å². The van der Waals surface area contributed by atoms with Gasteiger partial charge in [-0.2, -0.15) is 0 Å². The van der Waals surface area contributed by atoms with Crippen LogP contribution in [0.5, 0.6) is 23.0 Å². The summed E-state index contributed by atoms with van der Waals surface area (Å²) >= 11 is 0. The highest BCUT2D eigenvalue weighted by atomic mass is 16.6. The number of ether oxygens (including phenoxy) is 4. The van der Waals surface area contributed by atoms with Crippen LogP contribution in [0.15, 0.2) is 67.0 Å². The van der Waals surface area contributed by atoms with E-state index in [1.807, 2.05) is 32.0 Å². The fourth-order valence-electron chi connectivity index (χ4n) is 6.49. The fourth-order valence-corrected chi connectivity index (χ4v) is 6.49. The lowest BCUT2D eigenvalue weighted by molar-refractivity contribution is 0.171. The van der Waals surface area contributed by atoms with Crippen molar-refractivity contribution in [2.24, 2.45) is 5.73 Å². The molecular formula is C38H49N5O4. The van der Waals surface area contributed by atoms with Gasteiger partial charge in [0.2, 0.25) is 0 Å². The molecule has 2 aromatic heterocycles. The van der Waals surface area contributed by atoms with Gasteiger partial charge >= 0.3 is 0 Å². The Kier molecular flexibility index (Phi) is 11.1. The van der Waals surface area contributed by atoms with Gasteiger partial charge in [0.25, 0.3) is 0 Å². The second kappa shape index (κ2) is 16.0. The highest BCUT2D eigenvalue weighted by Gasteiger charge is 2.20. The third kappa shape index (κ3) is 8.15. The third-order valence-electron chi connectivity index (χ3n) is 8.93. The Morgan fingerprint density at radius 2 is 1.30 bits per heavy atom. The molecule has 1 saturated heterocycles. The van der Waals surface area contributed by atoms with Crippen molar-refractivity contribution in [3.8, 4) is 23.0 Å². The first-order valence-electron chi connectivity index (χ1n) is 17.2. The summed E-state index contributed by atoms with van der Waals surface area (Å²) in [6, 6.07) is 18.8. The molecule has 9 heteroatoms. The second-order valence-corrected chi connectivity index (χ2v) is 12.1. The lowest BCUT2D eigenvalue weighted by Gasteiger charge is -2.36. The summed E-state index contributed by atoms with van der Waals surface area (Å²) in [6.45, 7) is 12.8. The summed E-state index contributed by atoms with van der Waals surface area (Å²) in [5, 5.41) is 2.54. The van der Waals surface area contributed by atoms with Gasteiger partial charge in [0.1, 0.15) is 24.7 Å². The van der Waals surface area contributed by atoms with Gasteiger partial charge in [0.15, 0.2) is 11.5 Å². The topological polar surface area (TPSA) is 101 Å². The van der Waals surface area contributed by atoms with Gasteiger partial charge in [-0.05, 0) is 112 Å². The van der Waals surface area contributed by atoms with Gasteiger partial charge in [0, 0.05) is 72.1 Å². The minimum absolute atomic E-state index is 0.633. The number of anilines is 1. The lowest BCUT2D eigenvalue weighted by atomic mass is 10.1. The Balaban J connectivity index is 0.000000203. The van der Waals surface area contributed by atoms with Crippen molar-refractivity contribution in [3.63, 3.8) is 0 Å². The number of H-pyrrole nitrogens is 2. The Bertz CT molecular complexity index is 1720. The molecule has 0 radical (unpaired) electrons. The zero-order valence-corrected chi connectivity index (χ0v) is 27.9. The molecule has 47 heavy (non-hydrogen) atoms. The zero-order chi connectivity index (χ0) is 32.4. The van der Waals surface area contributed by atoms with Gasteiger partial charge in [-0.25, -0.2) is 0 Å². The van der Waals surface area contributed by atoms with Crippen molar-refractivity contribution in [3.05, 3.63) is 78.1 Å². The number of benzene rings is 3. The van der Waals surface area contributed by atoms with Crippen molar-refractivity contribution in [1.29, 1.82) is 0 Å². The van der Waals surface area contributed by atoms with Crippen LogP contribution in [-0.4, -0.2) is 80.6 Å². The van der Waals surface area contributed by atoms with E-state index in [0.717, 1.165) is 93.5 Å². The van der Waals surface area contributed by atoms with Crippen LogP contribution in [0.4, 0.5) is 5.69 Å². The molecule has 0 unspecified atom stereocenters. The van der Waals surface area contributed by atoms with E-state index < -0.39 is 0 Å². The van der Waals surface area contributed by atoms with Gasteiger partial charge in [-0.3, -0.25) is 4.90 Å². The monoisotopic (exact) mass is 639 g/mol. The number of nitrogens with two attached hydrogens (primary N) is 1. The number of piperazine rings is 1. The smallest absolute Gasteiger partial charge is 0.163 e. The van der Waals surface area contributed by atoms with Gasteiger partial charge in [0.05, 0.1) is 13.2 Å². The molecule has 1 fully saturated rings. The van der Waals surface area contributed by atoms with E-state index in [1.165, 1.54) is 33.1 Å². The summed E-state index contributed by atoms with van der Waals surface area (Å²) in [7, 11) is 0. The van der Waals surface area contributed by atoms with E-state index in [4.69, 9.17) is 24.7 Å². The van der Waals surface area contributed by atoms with E-state index >= 15 is 0 Å². The Morgan fingerprint density at radius 3 is 1.89 bits per heavy atom. The molecular weight excluding hydrogens is 590 g/mol. The molecule has 0 saturated carbocycles. The predicted molar refractivity (Wildman–Crippen MR) is 191 cm³/mol. The van der Waals surface area contributed by atoms with E-state index in [-0.39, 0.29) is 0 Å². The van der Waals surface area contributed by atoms with Crippen LogP contribution in [0.25, 0.3) is 21.8 Å². The molecule has 7 rings (SSSR count). The number of aromatic nitrogens is 2. The first-order chi connectivity index (χ1) is 23.1. The minimum Gasteiger partial charge on any atom is -0.494 e. The molecule has 0 amide bonds. The van der Waals surface area contributed by atoms with E-state index in [2.05, 4.69) is 68.6 Å². The second-order valence-electron chi connectivity index (χ2n) is 12.1. The van der Waals surface area contributed by atoms with E-state index in [1.54, 1.807) is 0 Å². The summed E-state index contributed by atoms with van der Waals surface area (Å²) in [5.41, 5.74) is 11.8. The summed E-state index contributed by atoms with van der Waals surface area (Å²) < 4.78 is 22.6. The van der Waals surface area contributed by atoms with Crippen LogP contribution >= 0.6 is 0 Å². The highest BCUT2D eigenvalue weighted by Crippen LogP contribution is 2.34. The minimum atomic E-state index is 0.633.